The molecule has 0 fully saturated rings. The minimum Gasteiger partial charge on any atom is -0.414 e. The van der Waals surface area contributed by atoms with Gasteiger partial charge in [0.2, 0.25) is 0 Å². The molecular weight excluding hydrogens is 409 g/mol. The van der Waals surface area contributed by atoms with E-state index in [1.54, 1.807) is 18.2 Å². The van der Waals surface area contributed by atoms with Gasteiger partial charge in [-0.1, -0.05) is 39.0 Å². The zero-order chi connectivity index (χ0) is 22.8. The third kappa shape index (κ3) is 5.68. The normalized spacial score (nSPS) is 12.9. The van der Waals surface area contributed by atoms with Gasteiger partial charge < -0.3 is 10.2 Å². The third-order valence-electron chi connectivity index (χ3n) is 4.88. The first kappa shape index (κ1) is 22.9. The minimum absolute atomic E-state index is 0.0568. The van der Waals surface area contributed by atoms with Gasteiger partial charge in [-0.05, 0) is 60.8 Å². The molecule has 0 amide bonds. The number of carbonyl (C=O) groups is 1. The maximum atomic E-state index is 13.2. The van der Waals surface area contributed by atoms with Gasteiger partial charge in [-0.25, -0.2) is 9.07 Å². The highest BCUT2D eigenvalue weighted by molar-refractivity contribution is 6.48. The van der Waals surface area contributed by atoms with Crippen molar-refractivity contribution in [1.82, 2.24) is 9.78 Å². The van der Waals surface area contributed by atoms with Crippen LogP contribution in [0.25, 0.3) is 5.69 Å². The lowest BCUT2D eigenvalue weighted by Gasteiger charge is -2.28. The molecule has 31 heavy (non-hydrogen) atoms. The van der Waals surface area contributed by atoms with Gasteiger partial charge in [-0.3, -0.25) is 4.79 Å². The molecule has 0 aliphatic rings. The Morgan fingerprint density at radius 2 is 1.87 bits per heavy atom. The summed E-state index contributed by atoms with van der Waals surface area (Å²) in [5.74, 6) is -0.331. The number of halogens is 1. The quantitative estimate of drug-likeness (QED) is 0.400. The van der Waals surface area contributed by atoms with Crippen LogP contribution in [0.1, 0.15) is 54.8 Å². The number of benzene rings is 2. The Bertz CT molecular complexity index is 1060. The van der Waals surface area contributed by atoms with Crippen molar-refractivity contribution in [3.05, 3.63) is 77.2 Å². The van der Waals surface area contributed by atoms with Crippen LogP contribution < -0.4 is 5.73 Å². The van der Waals surface area contributed by atoms with E-state index in [1.807, 2.05) is 18.2 Å². The second-order valence-corrected chi connectivity index (χ2v) is 11.6. The molecule has 7 heteroatoms. The van der Waals surface area contributed by atoms with Gasteiger partial charge >= 0.3 is 0 Å². The second-order valence-electron chi connectivity index (χ2n) is 9.22. The number of rotatable bonds is 7. The summed E-state index contributed by atoms with van der Waals surface area (Å²) in [4.78, 5) is 13.2. The minimum atomic E-state index is -1.28. The SMILES string of the molecule is C[SiH](C)OC(CC(C)(C)C)c1cccc(C(=O)c2cnn(-c3ccc(F)cc3)c2N)c1. The molecule has 0 bridgehead atoms. The number of nitrogens with two attached hydrogens (primary N) is 1. The Hall–Kier alpha value is -2.77. The molecule has 1 unspecified atom stereocenters. The molecule has 5 nitrogen and oxygen atoms in total. The second kappa shape index (κ2) is 9.16. The molecule has 3 aromatic rings. The molecule has 1 atom stereocenters. The summed E-state index contributed by atoms with van der Waals surface area (Å²) in [6.07, 6.45) is 2.26. The summed E-state index contributed by atoms with van der Waals surface area (Å²) in [7, 11) is -1.28. The summed E-state index contributed by atoms with van der Waals surface area (Å²) in [6.45, 7) is 10.9. The predicted octanol–water partition coefficient (Wildman–Crippen LogP) is 5.30. The Kier molecular flexibility index (Phi) is 6.76. The highest BCUT2D eigenvalue weighted by Crippen LogP contribution is 2.33. The summed E-state index contributed by atoms with van der Waals surface area (Å²) < 4.78 is 21.0. The van der Waals surface area contributed by atoms with Crippen LogP contribution in [-0.4, -0.2) is 24.6 Å². The lowest BCUT2D eigenvalue weighted by atomic mass is 9.86. The van der Waals surface area contributed by atoms with Gasteiger partial charge in [0.1, 0.15) is 11.6 Å². The molecule has 0 saturated heterocycles. The van der Waals surface area contributed by atoms with E-state index in [0.717, 1.165) is 12.0 Å². The standard InChI is InChI=1S/C24H30FN3O2Si/c1-24(2,3)14-21(30-31(4)5)16-7-6-8-17(13-16)22(29)20-15-27-28(23(20)26)19-11-9-18(25)10-12-19/h6-13,15,21,31H,14,26H2,1-5H3. The van der Waals surface area contributed by atoms with E-state index in [4.69, 9.17) is 10.2 Å². The highest BCUT2D eigenvalue weighted by atomic mass is 28.3. The number of ketones is 1. The van der Waals surface area contributed by atoms with Gasteiger partial charge in [-0.2, -0.15) is 5.10 Å². The van der Waals surface area contributed by atoms with Crippen LogP contribution in [0, 0.1) is 11.2 Å². The number of carbonyl (C=O) groups excluding carboxylic acids is 1. The Morgan fingerprint density at radius 1 is 1.19 bits per heavy atom. The number of nitrogens with zero attached hydrogens (tertiary/aromatic N) is 2. The molecule has 3 rings (SSSR count). The number of nitrogen functional groups attached to an aromatic ring is 1. The molecule has 164 valence electrons. The van der Waals surface area contributed by atoms with Gasteiger partial charge in [-0.15, -0.1) is 0 Å². The van der Waals surface area contributed by atoms with Crippen LogP contribution in [0.3, 0.4) is 0 Å². The van der Waals surface area contributed by atoms with Gasteiger partial charge in [0, 0.05) is 5.56 Å². The van der Waals surface area contributed by atoms with E-state index in [0.29, 0.717) is 16.8 Å². The Morgan fingerprint density at radius 3 is 2.48 bits per heavy atom. The molecule has 2 aromatic carbocycles. The number of aromatic nitrogens is 2. The third-order valence-corrected chi connectivity index (χ3v) is 5.75. The van der Waals surface area contributed by atoms with Gasteiger partial charge in [0.15, 0.2) is 14.8 Å². The largest absolute Gasteiger partial charge is 0.414 e. The molecule has 0 aliphatic carbocycles. The summed E-state index contributed by atoms with van der Waals surface area (Å²) in [6, 6.07) is 13.4. The van der Waals surface area contributed by atoms with E-state index in [2.05, 4.69) is 39.0 Å². The first-order valence-corrected chi connectivity index (χ1v) is 13.2. The maximum absolute atomic E-state index is 13.2. The van der Waals surface area contributed by atoms with Crippen LogP contribution in [-0.2, 0) is 4.43 Å². The first-order chi connectivity index (χ1) is 14.5. The highest BCUT2D eigenvalue weighted by Gasteiger charge is 2.24. The number of hydrogen-bond donors (Lipinski definition) is 1. The van der Waals surface area contributed by atoms with Crippen LogP contribution >= 0.6 is 0 Å². The van der Waals surface area contributed by atoms with Crippen molar-refractivity contribution in [1.29, 1.82) is 0 Å². The van der Waals surface area contributed by atoms with Crippen molar-refractivity contribution < 1.29 is 13.6 Å². The van der Waals surface area contributed by atoms with Crippen LogP contribution in [0.2, 0.25) is 13.1 Å². The van der Waals surface area contributed by atoms with Gasteiger partial charge in [0.25, 0.3) is 0 Å². The zero-order valence-corrected chi connectivity index (χ0v) is 19.9. The van der Waals surface area contributed by atoms with E-state index in [9.17, 15) is 9.18 Å². The molecule has 0 spiro atoms. The smallest absolute Gasteiger partial charge is 0.198 e. The lowest BCUT2D eigenvalue weighted by molar-refractivity contribution is 0.103. The molecule has 1 aromatic heterocycles. The Labute approximate surface area is 184 Å². The Balaban J connectivity index is 1.92. The fourth-order valence-corrected chi connectivity index (χ4v) is 4.40. The van der Waals surface area contributed by atoms with E-state index < -0.39 is 9.04 Å². The van der Waals surface area contributed by atoms with Crippen molar-refractivity contribution >= 4 is 20.6 Å². The van der Waals surface area contributed by atoms with E-state index in [1.165, 1.54) is 23.0 Å². The van der Waals surface area contributed by atoms with Crippen molar-refractivity contribution in [3.8, 4) is 5.69 Å². The summed E-state index contributed by atoms with van der Waals surface area (Å²) >= 11 is 0. The molecule has 0 saturated carbocycles. The van der Waals surface area contributed by atoms with Crippen molar-refractivity contribution in [2.75, 3.05) is 5.73 Å². The summed E-state index contributed by atoms with van der Waals surface area (Å²) in [5, 5.41) is 4.24. The number of hydrogen-bond acceptors (Lipinski definition) is 4. The van der Waals surface area contributed by atoms with Crippen LogP contribution in [0.4, 0.5) is 10.2 Å². The van der Waals surface area contributed by atoms with Crippen molar-refractivity contribution in [3.63, 3.8) is 0 Å². The summed E-state index contributed by atoms with van der Waals surface area (Å²) in [5.41, 5.74) is 8.75. The fourth-order valence-electron chi connectivity index (χ4n) is 3.49. The first-order valence-electron chi connectivity index (χ1n) is 10.4. The van der Waals surface area contributed by atoms with Crippen LogP contribution in [0.15, 0.2) is 54.7 Å². The zero-order valence-electron chi connectivity index (χ0n) is 18.7. The van der Waals surface area contributed by atoms with Crippen LogP contribution in [0.5, 0.6) is 0 Å². The molecule has 0 radical (unpaired) electrons. The predicted molar refractivity (Wildman–Crippen MR) is 125 cm³/mol. The molecule has 2 N–H and O–H groups in total. The monoisotopic (exact) mass is 439 g/mol. The van der Waals surface area contributed by atoms with E-state index >= 15 is 0 Å². The molecular formula is C24H30FN3O2Si. The maximum Gasteiger partial charge on any atom is 0.198 e. The average Bonchev–Trinajstić information content (AvgIpc) is 3.07. The van der Waals surface area contributed by atoms with Gasteiger partial charge in [0.05, 0.1) is 23.6 Å². The average molecular weight is 440 g/mol. The van der Waals surface area contributed by atoms with Crippen molar-refractivity contribution in [2.45, 2.75) is 46.4 Å². The van der Waals surface area contributed by atoms with Crippen molar-refractivity contribution in [2.24, 2.45) is 5.41 Å². The fraction of sp³-hybridized carbons (Fsp3) is 0.333. The topological polar surface area (TPSA) is 70.1 Å². The molecule has 1 heterocycles. The lowest BCUT2D eigenvalue weighted by Crippen LogP contribution is -2.20. The molecule has 0 aliphatic heterocycles. The van der Waals surface area contributed by atoms with E-state index in [-0.39, 0.29) is 28.9 Å². The number of anilines is 1.